The van der Waals surface area contributed by atoms with Crippen LogP contribution in [0.2, 0.25) is 0 Å². The van der Waals surface area contributed by atoms with E-state index in [2.05, 4.69) is 5.10 Å². The highest BCUT2D eigenvalue weighted by molar-refractivity contribution is 5.78. The number of para-hydroxylation sites is 1. The van der Waals surface area contributed by atoms with E-state index in [0.717, 1.165) is 16.8 Å². The van der Waals surface area contributed by atoms with Gasteiger partial charge in [0, 0.05) is 25.4 Å². The highest BCUT2D eigenvalue weighted by atomic mass is 19.1. The number of halogens is 1. The molecule has 24 heavy (non-hydrogen) atoms. The summed E-state index contributed by atoms with van der Waals surface area (Å²) in [6.07, 6.45) is 3.93. The second-order valence-electron chi connectivity index (χ2n) is 5.68. The lowest BCUT2D eigenvalue weighted by molar-refractivity contribution is -0.129. The molecule has 122 valence electrons. The summed E-state index contributed by atoms with van der Waals surface area (Å²) in [7, 11) is 1.76. The van der Waals surface area contributed by atoms with Gasteiger partial charge in [-0.3, -0.25) is 4.79 Å². The zero-order valence-corrected chi connectivity index (χ0v) is 13.4. The van der Waals surface area contributed by atoms with Gasteiger partial charge in [0.05, 0.1) is 18.3 Å². The molecule has 0 bridgehead atoms. The van der Waals surface area contributed by atoms with Gasteiger partial charge < -0.3 is 4.90 Å². The Bertz CT molecular complexity index is 812. The van der Waals surface area contributed by atoms with Gasteiger partial charge in [-0.25, -0.2) is 9.07 Å². The van der Waals surface area contributed by atoms with Gasteiger partial charge in [-0.2, -0.15) is 5.10 Å². The zero-order chi connectivity index (χ0) is 16.9. The molecule has 1 heterocycles. The molecule has 0 spiro atoms. The van der Waals surface area contributed by atoms with Crippen LogP contribution in [-0.2, 0) is 17.8 Å². The topological polar surface area (TPSA) is 38.1 Å². The predicted molar refractivity (Wildman–Crippen MR) is 90.1 cm³/mol. The third-order valence-electron chi connectivity index (χ3n) is 3.77. The van der Waals surface area contributed by atoms with E-state index in [9.17, 15) is 9.18 Å². The van der Waals surface area contributed by atoms with Crippen LogP contribution in [0.4, 0.5) is 4.39 Å². The van der Waals surface area contributed by atoms with E-state index >= 15 is 0 Å². The fourth-order valence-electron chi connectivity index (χ4n) is 2.44. The number of benzene rings is 2. The minimum Gasteiger partial charge on any atom is -0.341 e. The molecule has 1 aromatic heterocycles. The van der Waals surface area contributed by atoms with Crippen LogP contribution in [0.1, 0.15) is 11.1 Å². The molecular weight excluding hydrogens is 305 g/mol. The monoisotopic (exact) mass is 323 g/mol. The minimum atomic E-state index is -0.298. The number of aromatic nitrogens is 2. The number of hydrogen-bond donors (Lipinski definition) is 0. The molecule has 0 unspecified atom stereocenters. The van der Waals surface area contributed by atoms with E-state index in [4.69, 9.17) is 0 Å². The lowest BCUT2D eigenvalue weighted by Crippen LogP contribution is -2.27. The van der Waals surface area contributed by atoms with E-state index in [1.54, 1.807) is 35.0 Å². The first-order valence-electron chi connectivity index (χ1n) is 7.69. The van der Waals surface area contributed by atoms with Gasteiger partial charge in [-0.1, -0.05) is 30.3 Å². The van der Waals surface area contributed by atoms with Crippen LogP contribution in [0.5, 0.6) is 0 Å². The Morgan fingerprint density at radius 3 is 2.50 bits per heavy atom. The van der Waals surface area contributed by atoms with Crippen molar-refractivity contribution in [1.29, 1.82) is 0 Å². The van der Waals surface area contributed by atoms with Crippen molar-refractivity contribution in [2.45, 2.75) is 13.0 Å². The summed E-state index contributed by atoms with van der Waals surface area (Å²) in [5, 5.41) is 4.33. The molecule has 4 nitrogen and oxygen atoms in total. The molecule has 0 saturated heterocycles. The highest BCUT2D eigenvalue weighted by Gasteiger charge is 2.11. The van der Waals surface area contributed by atoms with Crippen molar-refractivity contribution in [3.05, 3.63) is 83.9 Å². The molecule has 0 aliphatic heterocycles. The lowest BCUT2D eigenvalue weighted by Gasteiger charge is -2.16. The molecule has 0 radical (unpaired) electrons. The van der Waals surface area contributed by atoms with Crippen molar-refractivity contribution in [2.24, 2.45) is 0 Å². The second kappa shape index (κ2) is 7.08. The van der Waals surface area contributed by atoms with Crippen molar-refractivity contribution in [2.75, 3.05) is 7.05 Å². The normalized spacial score (nSPS) is 10.6. The summed E-state index contributed by atoms with van der Waals surface area (Å²) in [6, 6.07) is 15.8. The van der Waals surface area contributed by atoms with Gasteiger partial charge in [-0.05, 0) is 29.8 Å². The number of carbonyl (C=O) groups excluding carboxylic acids is 1. The zero-order valence-electron chi connectivity index (χ0n) is 13.4. The van der Waals surface area contributed by atoms with E-state index in [0.29, 0.717) is 6.54 Å². The summed E-state index contributed by atoms with van der Waals surface area (Å²) in [5.74, 6) is -0.318. The van der Waals surface area contributed by atoms with Crippen molar-refractivity contribution in [1.82, 2.24) is 14.7 Å². The quantitative estimate of drug-likeness (QED) is 0.723. The number of nitrogens with zero attached hydrogens (tertiary/aromatic N) is 3. The maximum Gasteiger partial charge on any atom is 0.227 e. The van der Waals surface area contributed by atoms with Crippen LogP contribution in [0.3, 0.4) is 0 Å². The summed E-state index contributed by atoms with van der Waals surface area (Å²) in [6.45, 7) is 0.479. The van der Waals surface area contributed by atoms with Crippen LogP contribution < -0.4 is 0 Å². The van der Waals surface area contributed by atoms with Crippen molar-refractivity contribution in [3.8, 4) is 5.69 Å². The van der Waals surface area contributed by atoms with Crippen molar-refractivity contribution < 1.29 is 9.18 Å². The Hall–Kier alpha value is -2.95. The van der Waals surface area contributed by atoms with Gasteiger partial charge in [-0.15, -0.1) is 0 Å². The van der Waals surface area contributed by atoms with E-state index in [-0.39, 0.29) is 18.1 Å². The van der Waals surface area contributed by atoms with Crippen molar-refractivity contribution in [3.63, 3.8) is 0 Å². The van der Waals surface area contributed by atoms with Crippen LogP contribution in [0.25, 0.3) is 5.69 Å². The third kappa shape index (κ3) is 3.87. The second-order valence-corrected chi connectivity index (χ2v) is 5.68. The fraction of sp³-hybridized carbons (Fsp3) is 0.158. The van der Waals surface area contributed by atoms with Gasteiger partial charge in [0.2, 0.25) is 5.91 Å². The summed E-state index contributed by atoms with van der Waals surface area (Å²) >= 11 is 0. The number of rotatable bonds is 5. The van der Waals surface area contributed by atoms with Gasteiger partial charge >= 0.3 is 0 Å². The number of amides is 1. The molecule has 5 heteroatoms. The SMILES string of the molecule is CN(Cc1cnn(-c2ccccc2)c1)C(=O)Cc1ccc(F)cc1. The Labute approximate surface area is 140 Å². The Morgan fingerprint density at radius 2 is 1.79 bits per heavy atom. The number of likely N-dealkylation sites (N-methyl/N-ethyl adjacent to an activating group) is 1. The molecule has 3 aromatic rings. The lowest BCUT2D eigenvalue weighted by atomic mass is 10.1. The molecule has 3 rings (SSSR count). The molecule has 0 saturated carbocycles. The maximum absolute atomic E-state index is 12.9. The molecule has 2 aromatic carbocycles. The fourth-order valence-corrected chi connectivity index (χ4v) is 2.44. The van der Waals surface area contributed by atoms with Crippen molar-refractivity contribution >= 4 is 5.91 Å². The summed E-state index contributed by atoms with van der Waals surface area (Å²) < 4.78 is 14.7. The first-order valence-corrected chi connectivity index (χ1v) is 7.69. The largest absolute Gasteiger partial charge is 0.341 e. The van der Waals surface area contributed by atoms with Gasteiger partial charge in [0.15, 0.2) is 0 Å². The average molecular weight is 323 g/mol. The molecule has 0 atom stereocenters. The first-order chi connectivity index (χ1) is 11.6. The molecule has 0 aliphatic carbocycles. The maximum atomic E-state index is 12.9. The summed E-state index contributed by atoms with van der Waals surface area (Å²) in [5.41, 5.74) is 2.73. The number of carbonyl (C=O) groups is 1. The average Bonchev–Trinajstić information content (AvgIpc) is 3.06. The number of hydrogen-bond acceptors (Lipinski definition) is 2. The van der Waals surface area contributed by atoms with Crippen LogP contribution in [-0.4, -0.2) is 27.6 Å². The first kappa shape index (κ1) is 15.9. The van der Waals surface area contributed by atoms with Crippen LogP contribution in [0.15, 0.2) is 67.0 Å². The summed E-state index contributed by atoms with van der Waals surface area (Å²) in [4.78, 5) is 13.9. The Morgan fingerprint density at radius 1 is 1.08 bits per heavy atom. The van der Waals surface area contributed by atoms with Gasteiger partial charge in [0.25, 0.3) is 0 Å². The third-order valence-corrected chi connectivity index (χ3v) is 3.77. The van der Waals surface area contributed by atoms with Crippen LogP contribution >= 0.6 is 0 Å². The molecule has 1 amide bonds. The van der Waals surface area contributed by atoms with E-state index in [1.807, 2.05) is 36.5 Å². The van der Waals surface area contributed by atoms with Gasteiger partial charge in [0.1, 0.15) is 5.82 Å². The Balaban J connectivity index is 1.62. The standard InChI is InChI=1S/C19H18FN3O/c1-22(19(24)11-15-7-9-17(20)10-8-15)13-16-12-21-23(14-16)18-5-3-2-4-6-18/h2-10,12,14H,11,13H2,1H3. The van der Waals surface area contributed by atoms with E-state index in [1.165, 1.54) is 12.1 Å². The highest BCUT2D eigenvalue weighted by Crippen LogP contribution is 2.10. The molecule has 0 aliphatic rings. The molecular formula is C19H18FN3O. The molecule has 0 fully saturated rings. The molecule has 0 N–H and O–H groups in total. The van der Waals surface area contributed by atoms with E-state index < -0.39 is 0 Å². The minimum absolute atomic E-state index is 0.0194. The smallest absolute Gasteiger partial charge is 0.227 e. The van der Waals surface area contributed by atoms with Crippen LogP contribution in [0, 0.1) is 5.82 Å². The Kier molecular flexibility index (Phi) is 4.70. The predicted octanol–water partition coefficient (Wildman–Crippen LogP) is 3.21.